The highest BCUT2D eigenvalue weighted by Crippen LogP contribution is 1.99. The van der Waals surface area contributed by atoms with Crippen LogP contribution in [0, 0.1) is 0 Å². The van der Waals surface area contributed by atoms with E-state index in [4.69, 9.17) is 0 Å². The second-order valence-electron chi connectivity index (χ2n) is 4.15. The topological polar surface area (TPSA) is 92.7 Å². The minimum atomic E-state index is -0.393. The average molecular weight is 261 g/mol. The Balaban J connectivity index is 2.02. The summed E-state index contributed by atoms with van der Waals surface area (Å²) in [5.41, 5.74) is -0.230. The molecule has 0 aliphatic heterocycles. The molecule has 0 saturated heterocycles. The first-order valence-corrected chi connectivity index (χ1v) is 6.00. The van der Waals surface area contributed by atoms with E-state index in [9.17, 15) is 9.59 Å². The summed E-state index contributed by atoms with van der Waals surface area (Å²) in [6, 6.07) is -0.0367. The highest BCUT2D eigenvalue weighted by Gasteiger charge is 2.13. The molecule has 0 spiro atoms. The maximum Gasteiger partial charge on any atom is 0.269 e. The Morgan fingerprint density at radius 2 is 2.32 bits per heavy atom. The van der Waals surface area contributed by atoms with Crippen LogP contribution in [0.15, 0.2) is 35.9 Å². The third-order valence-corrected chi connectivity index (χ3v) is 2.72. The first-order valence-electron chi connectivity index (χ1n) is 6.00. The van der Waals surface area contributed by atoms with Crippen LogP contribution in [0.25, 0.3) is 0 Å². The van der Waals surface area contributed by atoms with Crippen molar-refractivity contribution in [3.63, 3.8) is 0 Å². The molecular formula is C12H15N5O2. The molecule has 2 aromatic heterocycles. The maximum absolute atomic E-state index is 11.9. The van der Waals surface area contributed by atoms with E-state index in [2.05, 4.69) is 20.3 Å². The van der Waals surface area contributed by atoms with Gasteiger partial charge in [-0.3, -0.25) is 14.6 Å². The van der Waals surface area contributed by atoms with Gasteiger partial charge in [0.2, 0.25) is 0 Å². The molecule has 100 valence electrons. The molecule has 0 fully saturated rings. The zero-order valence-electron chi connectivity index (χ0n) is 10.5. The first-order chi connectivity index (χ1) is 9.19. The van der Waals surface area contributed by atoms with Gasteiger partial charge in [0.15, 0.2) is 0 Å². The predicted octanol–water partition coefficient (Wildman–Crippen LogP) is 0.175. The number of rotatable bonds is 5. The normalized spacial score (nSPS) is 12.1. The fourth-order valence-electron chi connectivity index (χ4n) is 1.68. The van der Waals surface area contributed by atoms with Crippen molar-refractivity contribution >= 4 is 5.91 Å². The lowest BCUT2D eigenvalue weighted by Crippen LogP contribution is -2.38. The number of nitrogens with zero attached hydrogens (tertiary/aromatic N) is 3. The van der Waals surface area contributed by atoms with Crippen molar-refractivity contribution in [2.75, 3.05) is 0 Å². The number of H-pyrrole nitrogens is 1. The van der Waals surface area contributed by atoms with Gasteiger partial charge in [-0.25, -0.2) is 4.98 Å². The second-order valence-corrected chi connectivity index (χ2v) is 4.15. The second kappa shape index (κ2) is 5.94. The lowest BCUT2D eigenvalue weighted by molar-refractivity contribution is 0.0926. The van der Waals surface area contributed by atoms with E-state index in [1.165, 1.54) is 6.20 Å². The van der Waals surface area contributed by atoms with Crippen molar-refractivity contribution < 1.29 is 4.79 Å². The van der Waals surface area contributed by atoms with Crippen molar-refractivity contribution in [1.29, 1.82) is 0 Å². The highest BCUT2D eigenvalue weighted by atomic mass is 16.2. The average Bonchev–Trinajstić information content (AvgIpc) is 2.90. The number of hydrogen-bond acceptors (Lipinski definition) is 4. The molecule has 1 unspecified atom stereocenters. The van der Waals surface area contributed by atoms with E-state index in [1.807, 2.05) is 17.7 Å². The van der Waals surface area contributed by atoms with E-state index >= 15 is 0 Å². The fraction of sp³-hybridized carbons (Fsp3) is 0.333. The molecule has 2 rings (SSSR count). The SMILES string of the molecule is CCC(Cn1ccnc1)NC(=O)c1cncc(=O)[nH]1. The number of hydrogen-bond donors (Lipinski definition) is 2. The molecule has 2 N–H and O–H groups in total. The van der Waals surface area contributed by atoms with Crippen LogP contribution in [-0.2, 0) is 6.54 Å². The summed E-state index contributed by atoms with van der Waals surface area (Å²) in [5.74, 6) is -0.336. The minimum absolute atomic E-state index is 0.0367. The van der Waals surface area contributed by atoms with Crippen LogP contribution in [0.2, 0.25) is 0 Å². The van der Waals surface area contributed by atoms with Gasteiger partial charge in [0.1, 0.15) is 5.69 Å². The van der Waals surface area contributed by atoms with Crippen molar-refractivity contribution in [2.45, 2.75) is 25.9 Å². The Kier molecular flexibility index (Phi) is 4.07. The predicted molar refractivity (Wildman–Crippen MR) is 68.6 cm³/mol. The van der Waals surface area contributed by atoms with Gasteiger partial charge in [-0.15, -0.1) is 0 Å². The van der Waals surface area contributed by atoms with E-state index in [-0.39, 0.29) is 17.6 Å². The monoisotopic (exact) mass is 261 g/mol. The first kappa shape index (κ1) is 13.0. The Bertz CT molecular complexity index is 590. The zero-order valence-corrected chi connectivity index (χ0v) is 10.5. The molecule has 7 nitrogen and oxygen atoms in total. The molecule has 1 amide bonds. The highest BCUT2D eigenvalue weighted by molar-refractivity contribution is 5.92. The van der Waals surface area contributed by atoms with Crippen molar-refractivity contribution in [1.82, 2.24) is 24.8 Å². The van der Waals surface area contributed by atoms with E-state index in [0.29, 0.717) is 6.54 Å². The van der Waals surface area contributed by atoms with Gasteiger partial charge in [-0.05, 0) is 6.42 Å². The molecule has 1 atom stereocenters. The Labute approximate surface area is 109 Å². The summed E-state index contributed by atoms with van der Waals surface area (Å²) in [6.45, 7) is 2.61. The Hall–Kier alpha value is -2.44. The summed E-state index contributed by atoms with van der Waals surface area (Å²) in [4.78, 5) is 33.1. The van der Waals surface area contributed by atoms with Gasteiger partial charge in [0, 0.05) is 25.0 Å². The third-order valence-electron chi connectivity index (χ3n) is 2.72. The Morgan fingerprint density at radius 1 is 1.47 bits per heavy atom. The van der Waals surface area contributed by atoms with Gasteiger partial charge in [-0.1, -0.05) is 6.92 Å². The number of aromatic amines is 1. The van der Waals surface area contributed by atoms with Gasteiger partial charge in [0.25, 0.3) is 11.5 Å². The molecule has 2 aromatic rings. The number of nitrogens with one attached hydrogen (secondary N) is 2. The summed E-state index contributed by atoms with van der Waals surface area (Å²) in [5, 5.41) is 2.85. The quantitative estimate of drug-likeness (QED) is 0.802. The van der Waals surface area contributed by atoms with Crippen LogP contribution < -0.4 is 10.9 Å². The number of carbonyl (C=O) groups excluding carboxylic acids is 1. The minimum Gasteiger partial charge on any atom is -0.346 e. The standard InChI is InChI=1S/C12H15N5O2/c1-2-9(7-17-4-3-13-8-17)15-12(19)10-5-14-6-11(18)16-10/h3-6,8-9H,2,7H2,1H3,(H,15,19)(H,16,18). The molecule has 19 heavy (non-hydrogen) atoms. The van der Waals surface area contributed by atoms with Crippen LogP contribution in [0.5, 0.6) is 0 Å². The molecule has 0 aromatic carbocycles. The zero-order chi connectivity index (χ0) is 13.7. The summed E-state index contributed by atoms with van der Waals surface area (Å²) in [6.07, 6.45) is 8.45. The largest absolute Gasteiger partial charge is 0.346 e. The fourth-order valence-corrected chi connectivity index (χ4v) is 1.68. The molecule has 7 heteroatoms. The summed E-state index contributed by atoms with van der Waals surface area (Å²) >= 11 is 0. The lowest BCUT2D eigenvalue weighted by Gasteiger charge is -2.17. The number of carbonyl (C=O) groups is 1. The molecule has 0 bridgehead atoms. The van der Waals surface area contributed by atoms with Crippen LogP contribution in [0.1, 0.15) is 23.8 Å². The molecule has 0 aliphatic rings. The summed E-state index contributed by atoms with van der Waals surface area (Å²) < 4.78 is 1.89. The van der Waals surface area contributed by atoms with Crippen LogP contribution in [-0.4, -0.2) is 31.5 Å². The Morgan fingerprint density at radius 3 is 2.95 bits per heavy atom. The van der Waals surface area contributed by atoms with Gasteiger partial charge < -0.3 is 14.9 Å². The van der Waals surface area contributed by atoms with Crippen molar-refractivity contribution in [3.8, 4) is 0 Å². The maximum atomic E-state index is 11.9. The molecule has 0 aliphatic carbocycles. The summed E-state index contributed by atoms with van der Waals surface area (Å²) in [7, 11) is 0. The lowest BCUT2D eigenvalue weighted by atomic mass is 10.2. The van der Waals surface area contributed by atoms with E-state index in [1.54, 1.807) is 12.5 Å². The molecule has 2 heterocycles. The molecular weight excluding hydrogens is 246 g/mol. The molecule has 0 radical (unpaired) electrons. The van der Waals surface area contributed by atoms with E-state index < -0.39 is 5.56 Å². The number of imidazole rings is 1. The van der Waals surface area contributed by atoms with Crippen molar-refractivity contribution in [3.05, 3.63) is 47.2 Å². The number of amides is 1. The van der Waals surface area contributed by atoms with Crippen molar-refractivity contribution in [2.24, 2.45) is 0 Å². The van der Waals surface area contributed by atoms with Crippen LogP contribution >= 0.6 is 0 Å². The van der Waals surface area contributed by atoms with E-state index in [0.717, 1.165) is 12.6 Å². The smallest absolute Gasteiger partial charge is 0.269 e. The van der Waals surface area contributed by atoms with Gasteiger partial charge in [0.05, 0.1) is 18.7 Å². The van der Waals surface area contributed by atoms with Crippen LogP contribution in [0.4, 0.5) is 0 Å². The third kappa shape index (κ3) is 3.51. The van der Waals surface area contributed by atoms with Gasteiger partial charge in [-0.2, -0.15) is 0 Å². The van der Waals surface area contributed by atoms with Crippen LogP contribution in [0.3, 0.4) is 0 Å². The van der Waals surface area contributed by atoms with Gasteiger partial charge >= 0.3 is 0 Å². The molecule has 0 saturated carbocycles. The number of aromatic nitrogens is 4.